The summed E-state index contributed by atoms with van der Waals surface area (Å²) in [5, 5.41) is 3.12. The largest absolute Gasteiger partial charge is 0.493 e. The smallest absolute Gasteiger partial charge is 0.416 e. The van der Waals surface area contributed by atoms with Crippen molar-refractivity contribution in [2.75, 3.05) is 33.3 Å². The minimum Gasteiger partial charge on any atom is -0.493 e. The minimum atomic E-state index is -4.40. The first-order valence-electron chi connectivity index (χ1n) is 12.2. The summed E-state index contributed by atoms with van der Waals surface area (Å²) in [7, 11) is 1.93. The van der Waals surface area contributed by atoms with Crippen molar-refractivity contribution in [2.24, 2.45) is 0 Å². The molecule has 2 heterocycles. The number of nitrogens with one attached hydrogen (secondary N) is 1. The number of amides is 1. The number of hydrogen-bond acceptors (Lipinski definition) is 4. The molecule has 190 valence electrons. The van der Waals surface area contributed by atoms with Crippen molar-refractivity contribution in [3.8, 4) is 5.75 Å². The van der Waals surface area contributed by atoms with Crippen LogP contribution in [0, 0.1) is 13.8 Å². The van der Waals surface area contributed by atoms with Crippen LogP contribution in [0.25, 0.3) is 0 Å². The highest BCUT2D eigenvalue weighted by molar-refractivity contribution is 5.94. The highest BCUT2D eigenvalue weighted by Crippen LogP contribution is 2.39. The summed E-state index contributed by atoms with van der Waals surface area (Å²) in [6, 6.07) is 9.26. The molecular formula is C27H34F3N3O2. The van der Waals surface area contributed by atoms with E-state index in [0.29, 0.717) is 18.7 Å². The van der Waals surface area contributed by atoms with Gasteiger partial charge in [-0.2, -0.15) is 13.2 Å². The third-order valence-corrected chi connectivity index (χ3v) is 7.56. The molecule has 1 unspecified atom stereocenters. The number of rotatable bonds is 8. The van der Waals surface area contributed by atoms with Crippen LogP contribution >= 0.6 is 0 Å². The number of hydrogen-bond donors (Lipinski definition) is 1. The molecule has 4 rings (SSSR count). The molecule has 1 N–H and O–H groups in total. The van der Waals surface area contributed by atoms with Gasteiger partial charge < -0.3 is 15.0 Å². The van der Waals surface area contributed by atoms with Gasteiger partial charge in [-0.25, -0.2) is 0 Å². The van der Waals surface area contributed by atoms with E-state index in [1.807, 2.05) is 11.9 Å². The van der Waals surface area contributed by atoms with Crippen molar-refractivity contribution in [1.82, 2.24) is 15.1 Å². The number of ether oxygens (including phenoxy) is 1. The summed E-state index contributed by atoms with van der Waals surface area (Å²) >= 11 is 0. The molecule has 35 heavy (non-hydrogen) atoms. The predicted octanol–water partition coefficient (Wildman–Crippen LogP) is 4.97. The van der Waals surface area contributed by atoms with Crippen LogP contribution in [0.3, 0.4) is 0 Å². The Balaban J connectivity index is 1.40. The third-order valence-electron chi connectivity index (χ3n) is 7.56. The zero-order valence-corrected chi connectivity index (χ0v) is 20.8. The Morgan fingerprint density at radius 2 is 1.80 bits per heavy atom. The second-order valence-electron chi connectivity index (χ2n) is 9.66. The topological polar surface area (TPSA) is 44.8 Å². The number of nitrogens with zero attached hydrogens (tertiary/aromatic N) is 2. The van der Waals surface area contributed by atoms with Gasteiger partial charge in [-0.1, -0.05) is 6.07 Å². The number of benzene rings is 2. The number of fused-ring (bicyclic) bond motifs is 2. The van der Waals surface area contributed by atoms with Crippen LogP contribution in [-0.4, -0.2) is 61.1 Å². The van der Waals surface area contributed by atoms with Gasteiger partial charge in [0.05, 0.1) is 12.2 Å². The minimum absolute atomic E-state index is 0.0772. The molecule has 2 bridgehead atoms. The fourth-order valence-corrected chi connectivity index (χ4v) is 5.42. The molecule has 0 saturated carbocycles. The molecule has 8 heteroatoms. The van der Waals surface area contributed by atoms with E-state index < -0.39 is 11.7 Å². The number of alkyl halides is 3. The Hall–Kier alpha value is -2.58. The first-order chi connectivity index (χ1) is 16.6. The van der Waals surface area contributed by atoms with Crippen LogP contribution in [0.1, 0.15) is 58.4 Å². The van der Waals surface area contributed by atoms with Crippen LogP contribution in [0.2, 0.25) is 0 Å². The molecule has 5 nitrogen and oxygen atoms in total. The lowest BCUT2D eigenvalue weighted by Crippen LogP contribution is -2.49. The average Bonchev–Trinajstić information content (AvgIpc) is 3.44. The summed E-state index contributed by atoms with van der Waals surface area (Å²) in [6.07, 6.45) is -2.56. The number of likely N-dealkylation sites (tertiary alicyclic amines) is 2. The normalized spacial score (nSPS) is 20.9. The predicted molar refractivity (Wildman–Crippen MR) is 130 cm³/mol. The molecule has 2 saturated heterocycles. The number of halogens is 3. The lowest BCUT2D eigenvalue weighted by molar-refractivity contribution is -0.137. The monoisotopic (exact) mass is 489 g/mol. The zero-order chi connectivity index (χ0) is 25.3. The van der Waals surface area contributed by atoms with Crippen molar-refractivity contribution in [2.45, 2.75) is 57.9 Å². The standard InChI is InChI=1S/C27H34F3N3O2/c1-17-18(2)25(35-13-5-12-31-4)11-10-24(17)19(3)32-15-23-14-22(32)16-33(23)26(34)20-6-8-21(9-7-20)27(28,29)30/h6-11,19,22-23,31H,5,12-16H2,1-4H3/t19?,22-,23+/m1/s1. The van der Waals surface area contributed by atoms with Gasteiger partial charge in [0.2, 0.25) is 0 Å². The Morgan fingerprint density at radius 3 is 2.40 bits per heavy atom. The molecule has 0 aromatic heterocycles. The fraction of sp³-hybridized carbons (Fsp3) is 0.519. The Morgan fingerprint density at radius 1 is 1.09 bits per heavy atom. The van der Waals surface area contributed by atoms with Gasteiger partial charge in [0, 0.05) is 36.8 Å². The lowest BCUT2D eigenvalue weighted by Gasteiger charge is -2.38. The first kappa shape index (κ1) is 25.5. The highest BCUT2D eigenvalue weighted by atomic mass is 19.4. The van der Waals surface area contributed by atoms with Gasteiger partial charge in [0.25, 0.3) is 5.91 Å². The van der Waals surface area contributed by atoms with Gasteiger partial charge in [-0.05, 0) is 94.2 Å². The maximum atomic E-state index is 13.0. The molecule has 0 spiro atoms. The zero-order valence-electron chi connectivity index (χ0n) is 20.8. The molecule has 2 aromatic carbocycles. The Bertz CT molecular complexity index is 1050. The van der Waals surface area contributed by atoms with Gasteiger partial charge in [-0.3, -0.25) is 9.69 Å². The fourth-order valence-electron chi connectivity index (χ4n) is 5.42. The van der Waals surface area contributed by atoms with Crippen molar-refractivity contribution < 1.29 is 22.7 Å². The third kappa shape index (κ3) is 5.19. The van der Waals surface area contributed by atoms with Crippen molar-refractivity contribution >= 4 is 5.91 Å². The molecule has 2 fully saturated rings. The van der Waals surface area contributed by atoms with E-state index in [4.69, 9.17) is 4.74 Å². The molecule has 2 aromatic rings. The number of piperazine rings is 1. The molecule has 0 aliphatic carbocycles. The van der Waals surface area contributed by atoms with Crippen molar-refractivity contribution in [3.05, 3.63) is 64.2 Å². The van der Waals surface area contributed by atoms with E-state index >= 15 is 0 Å². The summed E-state index contributed by atoms with van der Waals surface area (Å²) < 4.78 is 44.5. The molecule has 0 radical (unpaired) electrons. The van der Waals surface area contributed by atoms with E-state index in [9.17, 15) is 18.0 Å². The summed E-state index contributed by atoms with van der Waals surface area (Å²) in [5.41, 5.74) is 3.21. The molecule has 2 aliphatic heterocycles. The van der Waals surface area contributed by atoms with Crippen LogP contribution in [-0.2, 0) is 6.18 Å². The first-order valence-corrected chi connectivity index (χ1v) is 12.2. The maximum absolute atomic E-state index is 13.0. The van der Waals surface area contributed by atoms with Gasteiger partial charge in [0.1, 0.15) is 5.75 Å². The SMILES string of the molecule is CNCCCOc1ccc(C(C)N2C[C@@H]3C[C@@H]2CN3C(=O)c2ccc(C(F)(F)F)cc2)c(C)c1C. The highest BCUT2D eigenvalue weighted by Gasteiger charge is 2.47. The number of carbonyl (C=O) groups is 1. The summed E-state index contributed by atoms with van der Waals surface area (Å²) in [5.74, 6) is 0.733. The van der Waals surface area contributed by atoms with Gasteiger partial charge in [0.15, 0.2) is 0 Å². The molecule has 1 amide bonds. The van der Waals surface area contributed by atoms with E-state index in [1.165, 1.54) is 23.3 Å². The second-order valence-corrected chi connectivity index (χ2v) is 9.66. The van der Waals surface area contributed by atoms with E-state index in [2.05, 4.69) is 43.1 Å². The average molecular weight is 490 g/mol. The summed E-state index contributed by atoms with van der Waals surface area (Å²) in [4.78, 5) is 17.3. The van der Waals surface area contributed by atoms with Crippen molar-refractivity contribution in [1.29, 1.82) is 0 Å². The molecule has 3 atom stereocenters. The summed E-state index contributed by atoms with van der Waals surface area (Å²) in [6.45, 7) is 9.39. The van der Waals surface area contributed by atoms with Crippen LogP contribution in [0.4, 0.5) is 13.2 Å². The van der Waals surface area contributed by atoms with E-state index in [-0.39, 0.29) is 24.0 Å². The second kappa shape index (κ2) is 10.2. The van der Waals surface area contributed by atoms with Gasteiger partial charge in [-0.15, -0.1) is 0 Å². The Labute approximate surface area is 205 Å². The maximum Gasteiger partial charge on any atom is 0.416 e. The lowest BCUT2D eigenvalue weighted by atomic mass is 9.96. The Kier molecular flexibility index (Phi) is 7.43. The van der Waals surface area contributed by atoms with Gasteiger partial charge >= 0.3 is 6.18 Å². The van der Waals surface area contributed by atoms with Crippen LogP contribution in [0.15, 0.2) is 36.4 Å². The van der Waals surface area contributed by atoms with E-state index in [1.54, 1.807) is 0 Å². The number of carbonyl (C=O) groups excluding carboxylic acids is 1. The van der Waals surface area contributed by atoms with Crippen molar-refractivity contribution in [3.63, 3.8) is 0 Å². The quantitative estimate of drug-likeness (QED) is 0.532. The van der Waals surface area contributed by atoms with E-state index in [0.717, 1.165) is 49.4 Å². The molecular weight excluding hydrogens is 455 g/mol. The van der Waals surface area contributed by atoms with Crippen LogP contribution < -0.4 is 10.1 Å². The molecule has 2 aliphatic rings. The van der Waals surface area contributed by atoms with Crippen LogP contribution in [0.5, 0.6) is 5.75 Å².